The van der Waals surface area contributed by atoms with Crippen molar-refractivity contribution in [1.29, 1.82) is 0 Å². The number of likely N-dealkylation sites (tertiary alicyclic amines) is 1. The van der Waals surface area contributed by atoms with Crippen molar-refractivity contribution in [3.05, 3.63) is 35.4 Å². The van der Waals surface area contributed by atoms with Gasteiger partial charge in [0.15, 0.2) is 9.84 Å². The number of carbonyl (C=O) groups excluding carboxylic acids is 1. The van der Waals surface area contributed by atoms with Gasteiger partial charge in [0.25, 0.3) is 0 Å². The summed E-state index contributed by atoms with van der Waals surface area (Å²) in [6.07, 6.45) is 3.08. The molecule has 0 radical (unpaired) electrons. The number of rotatable bonds is 6. The van der Waals surface area contributed by atoms with E-state index in [1.807, 2.05) is 4.90 Å². The lowest BCUT2D eigenvalue weighted by Gasteiger charge is -2.33. The lowest BCUT2D eigenvalue weighted by atomic mass is 9.96. The Morgan fingerprint density at radius 3 is 2.19 bits per heavy atom. The predicted octanol–water partition coefficient (Wildman–Crippen LogP) is 4.19. The van der Waals surface area contributed by atoms with Crippen LogP contribution >= 0.6 is 0 Å². The third-order valence-corrected chi connectivity index (χ3v) is 8.65. The topological polar surface area (TPSA) is 54.5 Å². The van der Waals surface area contributed by atoms with E-state index >= 15 is 0 Å². The average molecular weight is 394 g/mol. The van der Waals surface area contributed by atoms with Crippen LogP contribution in [0.5, 0.6) is 0 Å². The number of sulfone groups is 1. The Balaban J connectivity index is 1.86. The Labute approximate surface area is 165 Å². The minimum absolute atomic E-state index is 0.142. The summed E-state index contributed by atoms with van der Waals surface area (Å²) < 4.78 is 24.1. The molecule has 0 aromatic heterocycles. The van der Waals surface area contributed by atoms with E-state index in [0.29, 0.717) is 25.4 Å². The number of piperidine rings is 1. The molecule has 1 aliphatic heterocycles. The number of hydrogen-bond acceptors (Lipinski definition) is 3. The first-order valence-electron chi connectivity index (χ1n) is 10.1. The van der Waals surface area contributed by atoms with Crippen molar-refractivity contribution >= 4 is 15.7 Å². The predicted molar refractivity (Wildman–Crippen MR) is 112 cm³/mol. The fraction of sp³-hybridized carbons (Fsp3) is 0.682. The molecule has 27 heavy (non-hydrogen) atoms. The van der Waals surface area contributed by atoms with Crippen LogP contribution in [-0.2, 0) is 21.1 Å². The van der Waals surface area contributed by atoms with Crippen LogP contribution in [0, 0.1) is 5.92 Å². The molecule has 4 nitrogen and oxygen atoms in total. The number of amides is 1. The lowest BCUT2D eigenvalue weighted by molar-refractivity contribution is -0.131. The quantitative estimate of drug-likeness (QED) is 0.728. The van der Waals surface area contributed by atoms with Gasteiger partial charge in [0, 0.05) is 13.1 Å². The van der Waals surface area contributed by atoms with E-state index in [2.05, 4.69) is 38.1 Å². The summed E-state index contributed by atoms with van der Waals surface area (Å²) in [7, 11) is -3.10. The van der Waals surface area contributed by atoms with E-state index < -0.39 is 14.6 Å². The van der Waals surface area contributed by atoms with Crippen molar-refractivity contribution in [3.63, 3.8) is 0 Å². The maximum absolute atomic E-state index is 12.6. The third-order valence-electron chi connectivity index (χ3n) is 5.87. The van der Waals surface area contributed by atoms with Gasteiger partial charge in [-0.1, -0.05) is 38.1 Å². The molecule has 0 spiro atoms. The minimum atomic E-state index is -3.10. The zero-order chi connectivity index (χ0) is 20.2. The molecule has 0 N–H and O–H groups in total. The van der Waals surface area contributed by atoms with Crippen molar-refractivity contribution < 1.29 is 13.2 Å². The van der Waals surface area contributed by atoms with Crippen LogP contribution in [0.3, 0.4) is 0 Å². The number of hydrogen-bond donors (Lipinski definition) is 0. The first-order valence-corrected chi connectivity index (χ1v) is 11.8. The summed E-state index contributed by atoms with van der Waals surface area (Å²) in [5.41, 5.74) is 2.36. The van der Waals surface area contributed by atoms with Gasteiger partial charge in [-0.25, -0.2) is 8.42 Å². The van der Waals surface area contributed by atoms with Crippen LogP contribution in [0.4, 0.5) is 0 Å². The van der Waals surface area contributed by atoms with Crippen LogP contribution < -0.4 is 0 Å². The van der Waals surface area contributed by atoms with E-state index in [0.717, 1.165) is 24.8 Å². The first kappa shape index (κ1) is 21.9. The van der Waals surface area contributed by atoms with Gasteiger partial charge in [-0.3, -0.25) is 4.79 Å². The second kappa shape index (κ2) is 8.76. The summed E-state index contributed by atoms with van der Waals surface area (Å²) in [4.78, 5) is 14.5. The summed E-state index contributed by atoms with van der Waals surface area (Å²) >= 11 is 0. The maximum atomic E-state index is 12.6. The molecular formula is C22H35NO3S. The van der Waals surface area contributed by atoms with Crippen molar-refractivity contribution in [3.8, 4) is 0 Å². The molecule has 1 aliphatic rings. The normalized spacial score (nSPS) is 17.7. The summed E-state index contributed by atoms with van der Waals surface area (Å²) in [5, 5.41) is 0. The Hall–Kier alpha value is -1.36. The molecule has 1 aromatic rings. The van der Waals surface area contributed by atoms with Crippen molar-refractivity contribution in [2.45, 2.75) is 71.0 Å². The molecule has 0 saturated carbocycles. The summed E-state index contributed by atoms with van der Waals surface area (Å²) in [6.45, 7) is 11.0. The summed E-state index contributed by atoms with van der Waals surface area (Å²) in [5.74, 6) is 1.07. The fourth-order valence-electron chi connectivity index (χ4n) is 3.40. The van der Waals surface area contributed by atoms with Crippen LogP contribution in [0.2, 0.25) is 0 Å². The highest BCUT2D eigenvalue weighted by atomic mass is 32.2. The molecule has 1 atom stereocenters. The molecule has 0 aliphatic carbocycles. The monoisotopic (exact) mass is 393 g/mol. The largest absolute Gasteiger partial charge is 0.342 e. The zero-order valence-electron chi connectivity index (χ0n) is 17.5. The zero-order valence-corrected chi connectivity index (χ0v) is 18.3. The Morgan fingerprint density at radius 1 is 1.15 bits per heavy atom. The van der Waals surface area contributed by atoms with Gasteiger partial charge < -0.3 is 4.90 Å². The third kappa shape index (κ3) is 5.81. The minimum Gasteiger partial charge on any atom is -0.342 e. The Kier molecular flexibility index (Phi) is 7.12. The van der Waals surface area contributed by atoms with Gasteiger partial charge in [-0.05, 0) is 63.0 Å². The number of benzene rings is 1. The van der Waals surface area contributed by atoms with Crippen molar-refractivity contribution in [1.82, 2.24) is 4.90 Å². The van der Waals surface area contributed by atoms with E-state index in [4.69, 9.17) is 0 Å². The molecule has 5 heteroatoms. The molecule has 1 heterocycles. The van der Waals surface area contributed by atoms with E-state index in [9.17, 15) is 13.2 Å². The molecule has 152 valence electrons. The SMILES string of the molecule is CCC(C)c1ccc(CC(=O)N2CCC(CS(=O)(=O)C(C)(C)C)CC2)cc1. The second-order valence-electron chi connectivity index (χ2n) is 8.95. The highest BCUT2D eigenvalue weighted by Gasteiger charge is 2.33. The molecule has 2 rings (SSSR count). The van der Waals surface area contributed by atoms with Crippen molar-refractivity contribution in [2.24, 2.45) is 5.92 Å². The highest BCUT2D eigenvalue weighted by Crippen LogP contribution is 2.25. The van der Waals surface area contributed by atoms with Gasteiger partial charge in [-0.2, -0.15) is 0 Å². The Bertz CT molecular complexity index is 724. The van der Waals surface area contributed by atoms with Crippen LogP contribution in [0.25, 0.3) is 0 Å². The number of nitrogens with zero attached hydrogens (tertiary/aromatic N) is 1. The molecule has 1 aromatic carbocycles. The van der Waals surface area contributed by atoms with Gasteiger partial charge >= 0.3 is 0 Å². The smallest absolute Gasteiger partial charge is 0.226 e. The molecule has 0 bridgehead atoms. The van der Waals surface area contributed by atoms with E-state index in [1.54, 1.807) is 20.8 Å². The van der Waals surface area contributed by atoms with Crippen LogP contribution in [0.1, 0.15) is 70.9 Å². The average Bonchev–Trinajstić information content (AvgIpc) is 2.61. The summed E-state index contributed by atoms with van der Waals surface area (Å²) in [6, 6.07) is 8.37. The maximum Gasteiger partial charge on any atom is 0.226 e. The lowest BCUT2D eigenvalue weighted by Crippen LogP contribution is -2.42. The van der Waals surface area contributed by atoms with Gasteiger partial charge in [0.1, 0.15) is 0 Å². The Morgan fingerprint density at radius 2 is 1.70 bits per heavy atom. The van der Waals surface area contributed by atoms with Gasteiger partial charge in [0.2, 0.25) is 5.91 Å². The molecular weight excluding hydrogens is 358 g/mol. The molecule has 1 saturated heterocycles. The van der Waals surface area contributed by atoms with E-state index in [-0.39, 0.29) is 17.6 Å². The highest BCUT2D eigenvalue weighted by molar-refractivity contribution is 7.92. The van der Waals surface area contributed by atoms with Crippen LogP contribution in [0.15, 0.2) is 24.3 Å². The second-order valence-corrected chi connectivity index (χ2v) is 11.7. The van der Waals surface area contributed by atoms with E-state index in [1.165, 1.54) is 5.56 Å². The van der Waals surface area contributed by atoms with Crippen molar-refractivity contribution in [2.75, 3.05) is 18.8 Å². The first-order chi connectivity index (χ1) is 12.5. The molecule has 1 fully saturated rings. The standard InChI is InChI=1S/C22H35NO3S/c1-6-17(2)20-9-7-18(8-10-20)15-21(24)23-13-11-19(12-14-23)16-27(25,26)22(3,4)5/h7-10,17,19H,6,11-16H2,1-5H3. The van der Waals surface area contributed by atoms with Crippen LogP contribution in [-0.4, -0.2) is 42.8 Å². The number of carbonyl (C=O) groups is 1. The fourth-order valence-corrected chi connectivity index (χ4v) is 4.85. The molecule has 1 unspecified atom stereocenters. The van der Waals surface area contributed by atoms with Gasteiger partial charge in [-0.15, -0.1) is 0 Å². The molecule has 1 amide bonds. The van der Waals surface area contributed by atoms with Gasteiger partial charge in [0.05, 0.1) is 16.9 Å².